The van der Waals surface area contributed by atoms with Gasteiger partial charge in [-0.2, -0.15) is 5.11 Å². The number of aromatic hydroxyl groups is 1. The number of nitrogens with zero attached hydrogens (tertiary/aromatic N) is 2. The lowest BCUT2D eigenvalue weighted by Crippen LogP contribution is -2.11. The van der Waals surface area contributed by atoms with E-state index < -0.39 is 10.0 Å². The smallest absolute Gasteiger partial charge is 0.238 e. The summed E-state index contributed by atoms with van der Waals surface area (Å²) in [7, 11) is -3.76. The quantitative estimate of drug-likeness (QED) is 0.602. The van der Waals surface area contributed by atoms with Crippen LogP contribution in [0.2, 0.25) is 0 Å². The van der Waals surface area contributed by atoms with Gasteiger partial charge in [-0.3, -0.25) is 0 Å². The van der Waals surface area contributed by atoms with E-state index in [4.69, 9.17) is 9.88 Å². The fourth-order valence-corrected chi connectivity index (χ4v) is 2.88. The van der Waals surface area contributed by atoms with Crippen LogP contribution >= 0.6 is 0 Å². The van der Waals surface area contributed by atoms with Gasteiger partial charge in [0.15, 0.2) is 5.69 Å². The number of aromatic nitrogens is 1. The number of ether oxygens (including phenoxy) is 1. The Balaban J connectivity index is 2.00. The zero-order valence-corrected chi connectivity index (χ0v) is 14.1. The second-order valence-electron chi connectivity index (χ2n) is 5.17. The number of nitrogens with one attached hydrogen (secondary N) is 1. The van der Waals surface area contributed by atoms with Crippen molar-refractivity contribution in [2.24, 2.45) is 15.4 Å². The van der Waals surface area contributed by atoms with E-state index >= 15 is 0 Å². The van der Waals surface area contributed by atoms with E-state index in [0.29, 0.717) is 28.9 Å². The van der Waals surface area contributed by atoms with Crippen LogP contribution in [0, 0.1) is 0 Å². The summed E-state index contributed by atoms with van der Waals surface area (Å²) < 4.78 is 28.1. The highest BCUT2D eigenvalue weighted by Gasteiger charge is 2.15. The lowest BCUT2D eigenvalue weighted by atomic mass is 10.2. The normalized spacial score (nSPS) is 12.1. The maximum Gasteiger partial charge on any atom is 0.238 e. The third-order valence-corrected chi connectivity index (χ3v) is 4.40. The molecule has 0 radical (unpaired) electrons. The first kappa shape index (κ1) is 16.9. The minimum atomic E-state index is -3.76. The van der Waals surface area contributed by atoms with Crippen molar-refractivity contribution in [3.05, 3.63) is 42.5 Å². The molecule has 0 saturated heterocycles. The third kappa shape index (κ3) is 3.47. The summed E-state index contributed by atoms with van der Waals surface area (Å²) >= 11 is 0. The Morgan fingerprint density at radius 1 is 1.16 bits per heavy atom. The van der Waals surface area contributed by atoms with E-state index in [9.17, 15) is 13.5 Å². The molecule has 0 aliphatic carbocycles. The fraction of sp³-hybridized carbons (Fsp3) is 0.125. The van der Waals surface area contributed by atoms with E-state index in [2.05, 4.69) is 15.2 Å². The SMILES string of the molecule is CCOc1cccc2[nH]c(O)c(N=Nc3ccc(S(N)(=O)=O)cc3)c12. The molecule has 0 atom stereocenters. The van der Waals surface area contributed by atoms with Crippen LogP contribution in [0.5, 0.6) is 11.6 Å². The minimum Gasteiger partial charge on any atom is -0.493 e. The number of nitrogens with two attached hydrogens (primary N) is 1. The number of primary sulfonamides is 1. The molecule has 130 valence electrons. The molecule has 4 N–H and O–H groups in total. The van der Waals surface area contributed by atoms with Crippen molar-refractivity contribution in [2.45, 2.75) is 11.8 Å². The van der Waals surface area contributed by atoms with Crippen LogP contribution in [0.15, 0.2) is 57.6 Å². The van der Waals surface area contributed by atoms with Crippen molar-refractivity contribution in [3.63, 3.8) is 0 Å². The Kier molecular flexibility index (Phi) is 4.43. The Morgan fingerprint density at radius 3 is 2.52 bits per heavy atom. The summed E-state index contributed by atoms with van der Waals surface area (Å²) in [4.78, 5) is 2.80. The Hall–Kier alpha value is -2.91. The highest BCUT2D eigenvalue weighted by atomic mass is 32.2. The van der Waals surface area contributed by atoms with Gasteiger partial charge in [0.1, 0.15) is 5.75 Å². The zero-order valence-electron chi connectivity index (χ0n) is 13.3. The first-order chi connectivity index (χ1) is 11.9. The lowest BCUT2D eigenvalue weighted by Gasteiger charge is -2.04. The number of hydrogen-bond donors (Lipinski definition) is 3. The second-order valence-corrected chi connectivity index (χ2v) is 6.73. The van der Waals surface area contributed by atoms with Gasteiger partial charge >= 0.3 is 0 Å². The molecule has 0 bridgehead atoms. The summed E-state index contributed by atoms with van der Waals surface area (Å²) in [5.41, 5.74) is 1.33. The molecule has 0 unspecified atom stereocenters. The number of rotatable bonds is 5. The molecule has 9 heteroatoms. The number of aromatic amines is 1. The van der Waals surface area contributed by atoms with E-state index in [-0.39, 0.29) is 16.5 Å². The van der Waals surface area contributed by atoms with Gasteiger partial charge in [0, 0.05) is 0 Å². The first-order valence-electron chi connectivity index (χ1n) is 7.41. The summed E-state index contributed by atoms with van der Waals surface area (Å²) in [6.07, 6.45) is 0. The van der Waals surface area contributed by atoms with E-state index in [1.165, 1.54) is 24.3 Å². The van der Waals surface area contributed by atoms with Crippen LogP contribution in [0.4, 0.5) is 11.4 Å². The average molecular weight is 360 g/mol. The second kappa shape index (κ2) is 6.54. The van der Waals surface area contributed by atoms with Crippen LogP contribution in [0.25, 0.3) is 10.9 Å². The van der Waals surface area contributed by atoms with Crippen molar-refractivity contribution in [2.75, 3.05) is 6.61 Å². The van der Waals surface area contributed by atoms with Crippen molar-refractivity contribution in [3.8, 4) is 11.6 Å². The average Bonchev–Trinajstić information content (AvgIpc) is 2.89. The maximum absolute atomic E-state index is 11.3. The van der Waals surface area contributed by atoms with Crippen LogP contribution in [-0.4, -0.2) is 25.1 Å². The number of benzene rings is 2. The maximum atomic E-state index is 11.3. The Morgan fingerprint density at radius 2 is 1.88 bits per heavy atom. The molecule has 2 aromatic carbocycles. The van der Waals surface area contributed by atoms with Gasteiger partial charge < -0.3 is 14.8 Å². The molecule has 25 heavy (non-hydrogen) atoms. The molecule has 0 aliphatic rings. The lowest BCUT2D eigenvalue weighted by molar-refractivity contribution is 0.344. The molecule has 1 aromatic heterocycles. The predicted molar refractivity (Wildman–Crippen MR) is 93.1 cm³/mol. The molecule has 0 aliphatic heterocycles. The van der Waals surface area contributed by atoms with Crippen LogP contribution < -0.4 is 9.88 Å². The number of sulfonamides is 1. The fourth-order valence-electron chi connectivity index (χ4n) is 2.37. The molecule has 3 aromatic rings. The Labute approximate surface area is 144 Å². The van der Waals surface area contributed by atoms with E-state index in [1.807, 2.05) is 6.92 Å². The third-order valence-electron chi connectivity index (χ3n) is 3.47. The summed E-state index contributed by atoms with van der Waals surface area (Å²) in [6.45, 7) is 2.33. The standard InChI is InChI=1S/C16H16N4O4S/c1-2-24-13-5-3-4-12-14(13)15(16(21)18-12)20-19-10-6-8-11(9-7-10)25(17,22)23/h3-9,18,21H,2H2,1H3,(H2,17,22,23). The van der Waals surface area contributed by atoms with E-state index in [1.54, 1.807) is 18.2 Å². The molecule has 0 saturated carbocycles. The number of azo groups is 1. The monoisotopic (exact) mass is 360 g/mol. The van der Waals surface area contributed by atoms with Crippen molar-refractivity contribution in [1.82, 2.24) is 4.98 Å². The van der Waals surface area contributed by atoms with Gasteiger partial charge in [-0.1, -0.05) is 6.07 Å². The van der Waals surface area contributed by atoms with Gasteiger partial charge in [-0.25, -0.2) is 13.6 Å². The highest BCUT2D eigenvalue weighted by molar-refractivity contribution is 7.89. The van der Waals surface area contributed by atoms with Gasteiger partial charge in [0.05, 0.1) is 28.1 Å². The summed E-state index contributed by atoms with van der Waals surface area (Å²) in [5.74, 6) is 0.446. The van der Waals surface area contributed by atoms with Crippen molar-refractivity contribution in [1.29, 1.82) is 0 Å². The van der Waals surface area contributed by atoms with Crippen LogP contribution in [-0.2, 0) is 10.0 Å². The molecular weight excluding hydrogens is 344 g/mol. The first-order valence-corrected chi connectivity index (χ1v) is 8.96. The number of hydrogen-bond acceptors (Lipinski definition) is 6. The van der Waals surface area contributed by atoms with E-state index in [0.717, 1.165) is 0 Å². The van der Waals surface area contributed by atoms with Gasteiger partial charge in [-0.05, 0) is 43.3 Å². The van der Waals surface area contributed by atoms with Gasteiger partial charge in [-0.15, -0.1) is 5.11 Å². The van der Waals surface area contributed by atoms with Crippen LogP contribution in [0.3, 0.4) is 0 Å². The van der Waals surface area contributed by atoms with Crippen molar-refractivity contribution < 1.29 is 18.3 Å². The summed E-state index contributed by atoms with van der Waals surface area (Å²) in [5, 5.41) is 23.9. The van der Waals surface area contributed by atoms with Crippen molar-refractivity contribution >= 4 is 32.3 Å². The minimum absolute atomic E-state index is 0.0139. The molecular formula is C16H16N4O4S. The predicted octanol–water partition coefficient (Wildman–Crippen LogP) is 3.34. The zero-order chi connectivity index (χ0) is 18.0. The number of fused-ring (bicyclic) bond motifs is 1. The highest BCUT2D eigenvalue weighted by Crippen LogP contribution is 2.41. The molecule has 0 fully saturated rings. The summed E-state index contributed by atoms with van der Waals surface area (Å²) in [6, 6.07) is 11.0. The van der Waals surface area contributed by atoms with Crippen LogP contribution in [0.1, 0.15) is 6.92 Å². The molecule has 0 spiro atoms. The topological polar surface area (TPSA) is 130 Å². The molecule has 8 nitrogen and oxygen atoms in total. The number of H-pyrrole nitrogens is 1. The van der Waals surface area contributed by atoms with Gasteiger partial charge in [0.2, 0.25) is 15.9 Å². The Bertz CT molecular complexity index is 1040. The molecule has 0 amide bonds. The molecule has 3 rings (SSSR count). The molecule has 1 heterocycles. The largest absolute Gasteiger partial charge is 0.493 e. The van der Waals surface area contributed by atoms with Gasteiger partial charge in [0.25, 0.3) is 0 Å².